The van der Waals surface area contributed by atoms with Crippen LogP contribution in [0.1, 0.15) is 0 Å². The third-order valence-corrected chi connectivity index (χ3v) is 12.2. The van der Waals surface area contributed by atoms with Crippen molar-refractivity contribution in [3.63, 3.8) is 0 Å². The normalized spacial score (nSPS) is 11.5. The van der Waals surface area contributed by atoms with Crippen molar-refractivity contribution in [1.82, 2.24) is 0 Å². The van der Waals surface area contributed by atoms with Crippen LogP contribution < -0.4 is 9.80 Å². The molecule has 57 heavy (non-hydrogen) atoms. The lowest BCUT2D eigenvalue weighted by atomic mass is 10.0. The summed E-state index contributed by atoms with van der Waals surface area (Å²) in [5.74, 6) is 0. The number of rotatable bonds is 7. The second-order valence-electron chi connectivity index (χ2n) is 14.6. The minimum Gasteiger partial charge on any atom is -0.308 e. The molecule has 0 aliphatic rings. The minimum atomic E-state index is 1.09. The van der Waals surface area contributed by atoms with E-state index in [4.69, 9.17) is 0 Å². The van der Waals surface area contributed by atoms with E-state index in [0.717, 1.165) is 34.1 Å². The fourth-order valence-electron chi connectivity index (χ4n) is 8.43. The Morgan fingerprint density at radius 2 is 0.807 bits per heavy atom. The van der Waals surface area contributed by atoms with Crippen molar-refractivity contribution in [3.8, 4) is 11.1 Å². The lowest BCUT2D eigenvalue weighted by Gasteiger charge is -2.34. The number of anilines is 6. The number of hydrogen-bond donors (Lipinski definition) is 0. The summed E-state index contributed by atoms with van der Waals surface area (Å²) in [7, 11) is 0. The van der Waals surface area contributed by atoms with Crippen LogP contribution in [0, 0.1) is 0 Å². The Morgan fingerprint density at radius 1 is 0.298 bits per heavy atom. The molecular weight excluding hydrogens is 709 g/mol. The van der Waals surface area contributed by atoms with E-state index in [0.29, 0.717) is 0 Å². The fourth-order valence-corrected chi connectivity index (χ4v) is 9.57. The number of nitrogens with zero attached hydrogens (tertiary/aromatic N) is 2. The smallest absolute Gasteiger partial charge is 0.0796 e. The Bertz CT molecular complexity index is 3260. The van der Waals surface area contributed by atoms with Gasteiger partial charge in [0.05, 0.1) is 11.4 Å². The van der Waals surface area contributed by atoms with Crippen LogP contribution in [-0.4, -0.2) is 0 Å². The molecule has 11 aromatic rings. The van der Waals surface area contributed by atoms with Gasteiger partial charge in [-0.1, -0.05) is 146 Å². The van der Waals surface area contributed by atoms with E-state index in [1.54, 1.807) is 0 Å². The van der Waals surface area contributed by atoms with Crippen LogP contribution in [0.3, 0.4) is 0 Å². The first-order valence-electron chi connectivity index (χ1n) is 19.4. The van der Waals surface area contributed by atoms with Gasteiger partial charge in [0.2, 0.25) is 0 Å². The topological polar surface area (TPSA) is 6.48 Å². The van der Waals surface area contributed by atoms with Crippen LogP contribution in [0.25, 0.3) is 63.6 Å². The van der Waals surface area contributed by atoms with Crippen molar-refractivity contribution in [2.24, 2.45) is 0 Å². The molecule has 0 unspecified atom stereocenters. The first-order chi connectivity index (χ1) is 28.2. The van der Waals surface area contributed by atoms with Gasteiger partial charge in [0.25, 0.3) is 0 Å². The SMILES string of the molecule is c1ccc(-c2cccc(N(c3ccc4ccccc4c3)c3ccc4sc5cc6ccccc6cc5c4c3N(c3ccccc3)c3ccc4ccccc4c3)c2)cc1. The summed E-state index contributed by atoms with van der Waals surface area (Å²) in [4.78, 5) is 4.95. The highest BCUT2D eigenvalue weighted by Gasteiger charge is 2.27. The van der Waals surface area contributed by atoms with Gasteiger partial charge in [-0.25, -0.2) is 0 Å². The second-order valence-corrected chi connectivity index (χ2v) is 15.7. The van der Waals surface area contributed by atoms with Gasteiger partial charge in [-0.15, -0.1) is 11.3 Å². The predicted molar refractivity (Wildman–Crippen MR) is 247 cm³/mol. The van der Waals surface area contributed by atoms with Gasteiger partial charge in [-0.2, -0.15) is 0 Å². The van der Waals surface area contributed by atoms with Gasteiger partial charge >= 0.3 is 0 Å². The molecule has 0 atom stereocenters. The third-order valence-electron chi connectivity index (χ3n) is 11.1. The highest BCUT2D eigenvalue weighted by Crippen LogP contribution is 2.53. The van der Waals surface area contributed by atoms with Crippen molar-refractivity contribution < 1.29 is 0 Å². The Labute approximate surface area is 335 Å². The molecule has 0 fully saturated rings. The molecular formula is C54H36N2S. The summed E-state index contributed by atoms with van der Waals surface area (Å²) in [6, 6.07) is 79.7. The number of thiophene rings is 1. The van der Waals surface area contributed by atoms with Crippen molar-refractivity contribution in [1.29, 1.82) is 0 Å². The standard InChI is InChI=1S/C54H36N2S/c1-3-14-37(15-4-1)42-22-13-25-46(32-42)55(47-28-26-38-16-7-9-18-40(38)33-47)50-30-31-51-53(49-35-43-20-11-12-21-44(43)36-52(49)57-51)54(50)56(45-23-5-2-6-24-45)48-29-27-39-17-8-10-19-41(39)34-48/h1-36H. The van der Waals surface area contributed by atoms with E-state index in [2.05, 4.69) is 228 Å². The fraction of sp³-hybridized carbons (Fsp3) is 0. The molecule has 0 amide bonds. The van der Waals surface area contributed by atoms with E-state index in [1.165, 1.54) is 63.6 Å². The highest BCUT2D eigenvalue weighted by atomic mass is 32.1. The van der Waals surface area contributed by atoms with E-state index in [-0.39, 0.29) is 0 Å². The van der Waals surface area contributed by atoms with Gasteiger partial charge in [-0.3, -0.25) is 0 Å². The summed E-state index contributed by atoms with van der Waals surface area (Å²) in [5, 5.41) is 9.81. The van der Waals surface area contributed by atoms with Gasteiger partial charge in [0.1, 0.15) is 0 Å². The lowest BCUT2D eigenvalue weighted by Crippen LogP contribution is -2.17. The Balaban J connectivity index is 1.28. The van der Waals surface area contributed by atoms with Gasteiger partial charge in [-0.05, 0) is 116 Å². The van der Waals surface area contributed by atoms with E-state index >= 15 is 0 Å². The average molecular weight is 745 g/mol. The maximum Gasteiger partial charge on any atom is 0.0796 e. The summed E-state index contributed by atoms with van der Waals surface area (Å²) < 4.78 is 2.52. The first-order valence-corrected chi connectivity index (χ1v) is 20.2. The third kappa shape index (κ3) is 5.88. The minimum absolute atomic E-state index is 1.09. The zero-order valence-electron chi connectivity index (χ0n) is 31.1. The molecule has 0 saturated heterocycles. The van der Waals surface area contributed by atoms with Crippen molar-refractivity contribution in [3.05, 3.63) is 218 Å². The quantitative estimate of drug-likeness (QED) is 0.160. The number of hydrogen-bond acceptors (Lipinski definition) is 3. The highest BCUT2D eigenvalue weighted by molar-refractivity contribution is 7.26. The molecule has 0 aliphatic carbocycles. The average Bonchev–Trinajstić information content (AvgIpc) is 3.64. The first kappa shape index (κ1) is 33.2. The Morgan fingerprint density at radius 3 is 1.47 bits per heavy atom. The van der Waals surface area contributed by atoms with Gasteiger partial charge < -0.3 is 9.80 Å². The van der Waals surface area contributed by atoms with Crippen LogP contribution >= 0.6 is 11.3 Å². The van der Waals surface area contributed by atoms with E-state index in [9.17, 15) is 0 Å². The zero-order chi connectivity index (χ0) is 37.7. The largest absolute Gasteiger partial charge is 0.308 e. The van der Waals surface area contributed by atoms with Crippen molar-refractivity contribution >= 4 is 98.0 Å². The molecule has 0 aliphatic heterocycles. The summed E-state index contributed by atoms with van der Waals surface area (Å²) >= 11 is 1.87. The predicted octanol–water partition coefficient (Wildman–Crippen LogP) is 16.1. The van der Waals surface area contributed by atoms with Crippen molar-refractivity contribution in [2.75, 3.05) is 9.80 Å². The number of benzene rings is 10. The maximum atomic E-state index is 2.49. The molecule has 3 heteroatoms. The zero-order valence-corrected chi connectivity index (χ0v) is 31.9. The van der Waals surface area contributed by atoms with E-state index < -0.39 is 0 Å². The summed E-state index contributed by atoms with van der Waals surface area (Å²) in [5.41, 5.74) is 8.96. The molecule has 0 saturated carbocycles. The molecule has 2 nitrogen and oxygen atoms in total. The Kier molecular flexibility index (Phi) is 8.04. The van der Waals surface area contributed by atoms with E-state index in [1.807, 2.05) is 11.3 Å². The van der Waals surface area contributed by atoms with Crippen LogP contribution in [0.15, 0.2) is 218 Å². The Hall–Kier alpha value is -7.20. The number of fused-ring (bicyclic) bond motifs is 6. The molecule has 10 aromatic carbocycles. The van der Waals surface area contributed by atoms with Crippen LogP contribution in [0.4, 0.5) is 34.1 Å². The molecule has 11 rings (SSSR count). The molecule has 1 aromatic heterocycles. The second kappa shape index (κ2) is 13.8. The molecule has 1 heterocycles. The van der Waals surface area contributed by atoms with Crippen molar-refractivity contribution in [2.45, 2.75) is 0 Å². The monoisotopic (exact) mass is 744 g/mol. The molecule has 0 N–H and O–H groups in total. The molecule has 0 radical (unpaired) electrons. The summed E-state index contributed by atoms with van der Waals surface area (Å²) in [6.45, 7) is 0. The maximum absolute atomic E-state index is 2.49. The molecule has 0 spiro atoms. The summed E-state index contributed by atoms with van der Waals surface area (Å²) in [6.07, 6.45) is 0. The van der Waals surface area contributed by atoms with Crippen LogP contribution in [0.2, 0.25) is 0 Å². The lowest BCUT2D eigenvalue weighted by molar-refractivity contribution is 1.24. The molecule has 0 bridgehead atoms. The number of para-hydroxylation sites is 1. The molecule has 268 valence electrons. The van der Waals surface area contributed by atoms with Crippen LogP contribution in [0.5, 0.6) is 0 Å². The van der Waals surface area contributed by atoms with Crippen LogP contribution in [-0.2, 0) is 0 Å². The van der Waals surface area contributed by atoms with Gasteiger partial charge in [0, 0.05) is 42.9 Å². The van der Waals surface area contributed by atoms with Gasteiger partial charge in [0.15, 0.2) is 0 Å².